The fraction of sp³-hybridized carbons (Fsp3) is 0.0588. The smallest absolute Gasteiger partial charge is 0.271 e. The number of non-ortho nitro benzene ring substituents is 1. The minimum atomic E-state index is -0.467. The Bertz CT molecular complexity index is 933. The molecule has 0 unspecified atom stereocenters. The van der Waals surface area contributed by atoms with Crippen molar-refractivity contribution in [2.75, 3.05) is 12.0 Å². The van der Waals surface area contributed by atoms with E-state index in [1.807, 2.05) is 24.3 Å². The van der Waals surface area contributed by atoms with Crippen molar-refractivity contribution < 1.29 is 9.72 Å². The van der Waals surface area contributed by atoms with Crippen LogP contribution in [0.15, 0.2) is 57.9 Å². The maximum Gasteiger partial charge on any atom is 0.271 e. The Morgan fingerprint density at radius 2 is 2.04 bits per heavy atom. The topological polar surface area (TPSA) is 75.5 Å². The lowest BCUT2D eigenvalue weighted by atomic mass is 10.2. The highest BCUT2D eigenvalue weighted by atomic mass is 79.9. The van der Waals surface area contributed by atoms with E-state index < -0.39 is 4.92 Å². The summed E-state index contributed by atoms with van der Waals surface area (Å²) in [7, 11) is 0. The summed E-state index contributed by atoms with van der Waals surface area (Å²) in [5.41, 5.74) is 1.42. The van der Waals surface area contributed by atoms with Crippen molar-refractivity contribution in [1.82, 2.24) is 4.90 Å². The lowest BCUT2D eigenvalue weighted by Crippen LogP contribution is -2.33. The van der Waals surface area contributed by atoms with Crippen molar-refractivity contribution in [3.63, 3.8) is 0 Å². The highest BCUT2D eigenvalue weighted by molar-refractivity contribution is 9.10. The molecule has 0 aliphatic carbocycles. The van der Waals surface area contributed by atoms with Gasteiger partial charge < -0.3 is 5.32 Å². The van der Waals surface area contributed by atoms with Gasteiger partial charge in [0.2, 0.25) is 0 Å². The summed E-state index contributed by atoms with van der Waals surface area (Å²) in [5, 5.41) is 13.8. The Morgan fingerprint density at radius 3 is 2.77 bits per heavy atom. The Morgan fingerprint density at radius 1 is 1.27 bits per heavy atom. The van der Waals surface area contributed by atoms with Crippen molar-refractivity contribution in [3.8, 4) is 0 Å². The molecular weight excluding hydrogens is 438 g/mol. The van der Waals surface area contributed by atoms with Gasteiger partial charge in [0.05, 0.1) is 16.5 Å². The number of amides is 1. The third-order valence-electron chi connectivity index (χ3n) is 3.52. The predicted octanol–water partition coefficient (Wildman–Crippen LogP) is 4.63. The lowest BCUT2D eigenvalue weighted by Gasteiger charge is -2.16. The molecule has 0 aromatic heterocycles. The van der Waals surface area contributed by atoms with Crippen LogP contribution in [0.1, 0.15) is 5.56 Å². The van der Waals surface area contributed by atoms with Gasteiger partial charge in [-0.15, -0.1) is 0 Å². The van der Waals surface area contributed by atoms with Gasteiger partial charge in [-0.2, -0.15) is 0 Å². The second-order valence-electron chi connectivity index (χ2n) is 5.31. The molecule has 1 aliphatic rings. The van der Waals surface area contributed by atoms with Gasteiger partial charge in [0.1, 0.15) is 4.32 Å². The first-order chi connectivity index (χ1) is 12.4. The van der Waals surface area contributed by atoms with Crippen LogP contribution in [0.25, 0.3) is 6.08 Å². The molecule has 6 nitrogen and oxygen atoms in total. The summed E-state index contributed by atoms with van der Waals surface area (Å²) >= 11 is 9.92. The van der Waals surface area contributed by atoms with E-state index in [1.54, 1.807) is 18.2 Å². The van der Waals surface area contributed by atoms with Gasteiger partial charge in [0.15, 0.2) is 0 Å². The van der Waals surface area contributed by atoms with Gasteiger partial charge in [0, 0.05) is 22.3 Å². The van der Waals surface area contributed by atoms with Gasteiger partial charge in [0.25, 0.3) is 11.6 Å². The molecule has 0 saturated carbocycles. The van der Waals surface area contributed by atoms with Gasteiger partial charge in [-0.1, -0.05) is 58.1 Å². The SMILES string of the molecule is O=C1C(=Cc2cccc(Br)c2)SC(=S)N1CNc1cccc([N+](=O)[O-])c1. The number of nitro groups is 1. The van der Waals surface area contributed by atoms with Crippen molar-refractivity contribution in [2.45, 2.75) is 0 Å². The van der Waals surface area contributed by atoms with Crippen LogP contribution in [-0.4, -0.2) is 26.7 Å². The monoisotopic (exact) mass is 449 g/mol. The molecule has 0 bridgehead atoms. The number of rotatable bonds is 5. The number of carbonyl (C=O) groups excluding carboxylic acids is 1. The Labute approximate surface area is 167 Å². The van der Waals surface area contributed by atoms with Crippen LogP contribution in [0.4, 0.5) is 11.4 Å². The molecule has 0 spiro atoms. The normalized spacial score (nSPS) is 15.6. The molecule has 0 atom stereocenters. The maximum atomic E-state index is 12.6. The number of hydrogen-bond donors (Lipinski definition) is 1. The van der Waals surface area contributed by atoms with Crippen molar-refractivity contribution in [1.29, 1.82) is 0 Å². The summed E-state index contributed by atoms with van der Waals surface area (Å²) in [4.78, 5) is 24.9. The molecule has 26 heavy (non-hydrogen) atoms. The predicted molar refractivity (Wildman–Crippen MR) is 111 cm³/mol. The van der Waals surface area contributed by atoms with Crippen LogP contribution < -0.4 is 5.32 Å². The van der Waals surface area contributed by atoms with E-state index in [0.29, 0.717) is 14.9 Å². The molecule has 3 rings (SSSR count). The molecule has 1 aliphatic heterocycles. The zero-order valence-electron chi connectivity index (χ0n) is 13.2. The number of hydrogen-bond acceptors (Lipinski definition) is 6. The van der Waals surface area contributed by atoms with Gasteiger partial charge in [-0.25, -0.2) is 0 Å². The highest BCUT2D eigenvalue weighted by Gasteiger charge is 2.31. The van der Waals surface area contributed by atoms with E-state index in [4.69, 9.17) is 12.2 Å². The molecule has 1 heterocycles. The minimum absolute atomic E-state index is 0.0186. The molecule has 1 fully saturated rings. The van der Waals surface area contributed by atoms with Crippen LogP contribution in [0.2, 0.25) is 0 Å². The Hall–Kier alpha value is -2.23. The summed E-state index contributed by atoms with van der Waals surface area (Å²) < 4.78 is 1.36. The van der Waals surface area contributed by atoms with Crippen LogP contribution in [0, 0.1) is 10.1 Å². The van der Waals surface area contributed by atoms with E-state index in [-0.39, 0.29) is 18.3 Å². The maximum absolute atomic E-state index is 12.6. The van der Waals surface area contributed by atoms with E-state index in [1.165, 1.54) is 28.8 Å². The standard InChI is InChI=1S/C17H12BrN3O3S2/c18-12-4-1-3-11(7-12)8-15-16(22)20(17(25)26-15)10-19-13-5-2-6-14(9-13)21(23)24/h1-9,19H,10H2. The molecule has 1 amide bonds. The van der Waals surface area contributed by atoms with Gasteiger partial charge >= 0.3 is 0 Å². The number of benzene rings is 2. The summed E-state index contributed by atoms with van der Waals surface area (Å²) in [6.07, 6.45) is 1.79. The lowest BCUT2D eigenvalue weighted by molar-refractivity contribution is -0.384. The number of halogens is 1. The zero-order chi connectivity index (χ0) is 18.7. The van der Waals surface area contributed by atoms with Crippen molar-refractivity contribution in [2.24, 2.45) is 0 Å². The van der Waals surface area contributed by atoms with E-state index in [0.717, 1.165) is 10.0 Å². The zero-order valence-corrected chi connectivity index (χ0v) is 16.4. The minimum Gasteiger partial charge on any atom is -0.367 e. The van der Waals surface area contributed by atoms with Crippen molar-refractivity contribution in [3.05, 3.63) is 73.6 Å². The van der Waals surface area contributed by atoms with Crippen LogP contribution >= 0.6 is 39.9 Å². The Kier molecular flexibility index (Phi) is 5.70. The van der Waals surface area contributed by atoms with Gasteiger partial charge in [-0.05, 0) is 29.8 Å². The molecule has 132 valence electrons. The molecule has 9 heteroatoms. The van der Waals surface area contributed by atoms with E-state index >= 15 is 0 Å². The second-order valence-corrected chi connectivity index (χ2v) is 7.90. The third-order valence-corrected chi connectivity index (χ3v) is 5.39. The second kappa shape index (κ2) is 7.98. The number of anilines is 1. The summed E-state index contributed by atoms with van der Waals surface area (Å²) in [6, 6.07) is 13.7. The third kappa shape index (κ3) is 4.29. The average Bonchev–Trinajstić information content (AvgIpc) is 2.87. The summed E-state index contributed by atoms with van der Waals surface area (Å²) in [6.45, 7) is 0.141. The Balaban J connectivity index is 1.71. The number of thioether (sulfide) groups is 1. The number of carbonyl (C=O) groups is 1. The first-order valence-corrected chi connectivity index (χ1v) is 9.45. The molecule has 1 saturated heterocycles. The fourth-order valence-corrected chi connectivity index (χ4v) is 3.96. The largest absolute Gasteiger partial charge is 0.367 e. The summed E-state index contributed by atoms with van der Waals surface area (Å²) in [5.74, 6) is -0.196. The number of thiocarbonyl (C=S) groups is 1. The van der Waals surface area contributed by atoms with Crippen LogP contribution in [0.5, 0.6) is 0 Å². The first kappa shape index (κ1) is 18.6. The highest BCUT2D eigenvalue weighted by Crippen LogP contribution is 2.32. The van der Waals surface area contributed by atoms with Crippen molar-refractivity contribution >= 4 is 67.6 Å². The number of nitrogens with zero attached hydrogens (tertiary/aromatic N) is 2. The van der Waals surface area contributed by atoms with Gasteiger partial charge in [-0.3, -0.25) is 19.8 Å². The van der Waals surface area contributed by atoms with Crippen LogP contribution in [0.3, 0.4) is 0 Å². The molecule has 2 aromatic rings. The number of nitro benzene ring substituents is 1. The van der Waals surface area contributed by atoms with Crippen LogP contribution in [-0.2, 0) is 4.79 Å². The molecular formula is C17H12BrN3O3S2. The number of nitrogens with one attached hydrogen (secondary N) is 1. The average molecular weight is 450 g/mol. The first-order valence-electron chi connectivity index (χ1n) is 7.43. The van der Waals surface area contributed by atoms with E-state index in [2.05, 4.69) is 21.2 Å². The quantitative estimate of drug-likeness (QED) is 0.310. The molecule has 0 radical (unpaired) electrons. The van der Waals surface area contributed by atoms with E-state index in [9.17, 15) is 14.9 Å². The molecule has 1 N–H and O–H groups in total. The molecule has 2 aromatic carbocycles. The fourth-order valence-electron chi connectivity index (χ4n) is 2.28.